The topological polar surface area (TPSA) is 44.4 Å². The highest BCUT2D eigenvalue weighted by Crippen LogP contribution is 2.09. The Balaban J connectivity index is 1.78. The molecule has 5 heteroatoms. The third-order valence-corrected chi connectivity index (χ3v) is 3.94. The van der Waals surface area contributed by atoms with Gasteiger partial charge in [-0.15, -0.1) is 0 Å². The summed E-state index contributed by atoms with van der Waals surface area (Å²) in [6.45, 7) is 5.85. The molecule has 1 unspecified atom stereocenters. The fraction of sp³-hybridized carbons (Fsp3) is 0.562. The maximum Gasteiger partial charge on any atom is 0.234 e. The molecule has 1 atom stereocenters. The van der Waals surface area contributed by atoms with E-state index in [4.69, 9.17) is 0 Å². The Kier molecular flexibility index (Phi) is 6.14. The molecule has 0 radical (unpaired) electrons. The largest absolute Gasteiger partial charge is 0.351 e. The first-order valence-electron chi connectivity index (χ1n) is 7.65. The van der Waals surface area contributed by atoms with Gasteiger partial charge in [-0.2, -0.15) is 0 Å². The summed E-state index contributed by atoms with van der Waals surface area (Å²) in [5.74, 6) is -0.237. The number of carbonyl (C=O) groups excluding carboxylic acids is 1. The van der Waals surface area contributed by atoms with Gasteiger partial charge in [-0.3, -0.25) is 9.69 Å². The van der Waals surface area contributed by atoms with E-state index in [1.54, 1.807) is 12.1 Å². The zero-order valence-corrected chi connectivity index (χ0v) is 12.6. The van der Waals surface area contributed by atoms with E-state index in [0.29, 0.717) is 19.1 Å². The van der Waals surface area contributed by atoms with Crippen molar-refractivity contribution in [3.63, 3.8) is 0 Å². The molecular weight excluding hydrogens is 269 g/mol. The Morgan fingerprint density at radius 2 is 2.19 bits per heavy atom. The number of carbonyl (C=O) groups is 1. The highest BCUT2D eigenvalue weighted by Gasteiger charge is 2.21. The van der Waals surface area contributed by atoms with Gasteiger partial charge in [0, 0.05) is 19.1 Å². The van der Waals surface area contributed by atoms with Crippen molar-refractivity contribution in [2.75, 3.05) is 26.2 Å². The minimum atomic E-state index is -0.257. The Bertz CT molecular complexity index is 443. The number of likely N-dealkylation sites (N-methyl/N-ethyl adjacent to an activating group) is 1. The van der Waals surface area contributed by atoms with Crippen molar-refractivity contribution in [3.05, 3.63) is 35.6 Å². The van der Waals surface area contributed by atoms with Crippen molar-refractivity contribution in [1.82, 2.24) is 15.5 Å². The van der Waals surface area contributed by atoms with Crippen molar-refractivity contribution < 1.29 is 9.18 Å². The SMILES string of the molecule is CCN(CC(=O)NCc1ccc(F)cc1)C1CCCNC1. The van der Waals surface area contributed by atoms with Crippen molar-refractivity contribution in [2.24, 2.45) is 0 Å². The van der Waals surface area contributed by atoms with Gasteiger partial charge in [0.1, 0.15) is 5.82 Å². The van der Waals surface area contributed by atoms with E-state index in [1.165, 1.54) is 18.6 Å². The molecule has 1 aliphatic heterocycles. The normalized spacial score (nSPS) is 18.7. The van der Waals surface area contributed by atoms with Crippen molar-refractivity contribution in [2.45, 2.75) is 32.4 Å². The minimum Gasteiger partial charge on any atom is -0.351 e. The van der Waals surface area contributed by atoms with Gasteiger partial charge in [-0.05, 0) is 43.6 Å². The lowest BCUT2D eigenvalue weighted by molar-refractivity contribution is -0.123. The number of hydrogen-bond donors (Lipinski definition) is 2. The van der Waals surface area contributed by atoms with E-state index < -0.39 is 0 Å². The molecular formula is C16H24FN3O. The van der Waals surface area contributed by atoms with E-state index in [2.05, 4.69) is 22.5 Å². The zero-order chi connectivity index (χ0) is 15.1. The fourth-order valence-electron chi connectivity index (χ4n) is 2.69. The minimum absolute atomic E-state index is 0.0201. The lowest BCUT2D eigenvalue weighted by atomic mass is 10.1. The Hall–Kier alpha value is -1.46. The molecule has 1 aliphatic rings. The number of benzene rings is 1. The van der Waals surface area contributed by atoms with Crippen LogP contribution >= 0.6 is 0 Å². The second kappa shape index (κ2) is 8.10. The third kappa shape index (κ3) is 5.10. The predicted molar refractivity (Wildman–Crippen MR) is 81.4 cm³/mol. The van der Waals surface area contributed by atoms with Crippen LogP contribution in [-0.2, 0) is 11.3 Å². The lowest BCUT2D eigenvalue weighted by Gasteiger charge is -2.33. The molecule has 0 spiro atoms. The molecule has 0 bridgehead atoms. The Morgan fingerprint density at radius 1 is 1.43 bits per heavy atom. The van der Waals surface area contributed by atoms with Crippen LogP contribution < -0.4 is 10.6 Å². The number of nitrogens with one attached hydrogen (secondary N) is 2. The van der Waals surface area contributed by atoms with Crippen LogP contribution in [0.5, 0.6) is 0 Å². The van der Waals surface area contributed by atoms with Crippen LogP contribution in [-0.4, -0.2) is 43.0 Å². The average Bonchev–Trinajstić information content (AvgIpc) is 2.53. The highest BCUT2D eigenvalue weighted by molar-refractivity contribution is 5.78. The number of halogens is 1. The third-order valence-electron chi connectivity index (χ3n) is 3.94. The predicted octanol–water partition coefficient (Wildman–Crippen LogP) is 1.52. The van der Waals surface area contributed by atoms with Gasteiger partial charge in [0.15, 0.2) is 0 Å². The number of nitrogens with zero attached hydrogens (tertiary/aromatic N) is 1. The monoisotopic (exact) mass is 293 g/mol. The summed E-state index contributed by atoms with van der Waals surface area (Å²) in [6.07, 6.45) is 2.31. The second-order valence-corrected chi connectivity index (χ2v) is 5.47. The van der Waals surface area contributed by atoms with Crippen molar-refractivity contribution >= 4 is 5.91 Å². The standard InChI is InChI=1S/C16H24FN3O/c1-2-20(15-4-3-9-18-11-15)12-16(21)19-10-13-5-7-14(17)8-6-13/h5-8,15,18H,2-4,9-12H2,1H3,(H,19,21). The van der Waals surface area contributed by atoms with Gasteiger partial charge in [-0.1, -0.05) is 19.1 Å². The molecule has 116 valence electrons. The van der Waals surface area contributed by atoms with E-state index in [9.17, 15) is 9.18 Å². The van der Waals surface area contributed by atoms with Crippen LogP contribution in [0.1, 0.15) is 25.3 Å². The molecule has 0 saturated carbocycles. The molecule has 1 aromatic carbocycles. The maximum absolute atomic E-state index is 12.8. The molecule has 1 amide bonds. The van der Waals surface area contributed by atoms with Crippen LogP contribution in [0.15, 0.2) is 24.3 Å². The number of rotatable bonds is 6. The second-order valence-electron chi connectivity index (χ2n) is 5.47. The van der Waals surface area contributed by atoms with Crippen LogP contribution in [0.3, 0.4) is 0 Å². The van der Waals surface area contributed by atoms with Gasteiger partial charge in [0.25, 0.3) is 0 Å². The smallest absolute Gasteiger partial charge is 0.234 e. The highest BCUT2D eigenvalue weighted by atomic mass is 19.1. The van der Waals surface area contributed by atoms with Crippen LogP contribution in [0, 0.1) is 5.82 Å². The van der Waals surface area contributed by atoms with Gasteiger partial charge in [0.2, 0.25) is 5.91 Å². The quantitative estimate of drug-likeness (QED) is 0.836. The van der Waals surface area contributed by atoms with E-state index in [0.717, 1.165) is 31.6 Å². The van der Waals surface area contributed by atoms with Crippen LogP contribution in [0.2, 0.25) is 0 Å². The zero-order valence-electron chi connectivity index (χ0n) is 12.6. The first kappa shape index (κ1) is 15.9. The summed E-state index contributed by atoms with van der Waals surface area (Å²) in [5, 5.41) is 6.28. The van der Waals surface area contributed by atoms with Crippen LogP contribution in [0.25, 0.3) is 0 Å². The molecule has 21 heavy (non-hydrogen) atoms. The van der Waals surface area contributed by atoms with Crippen molar-refractivity contribution in [3.8, 4) is 0 Å². The van der Waals surface area contributed by atoms with E-state index >= 15 is 0 Å². The van der Waals surface area contributed by atoms with Crippen molar-refractivity contribution in [1.29, 1.82) is 0 Å². The fourth-order valence-corrected chi connectivity index (χ4v) is 2.69. The summed E-state index contributed by atoms with van der Waals surface area (Å²) >= 11 is 0. The molecule has 0 aromatic heterocycles. The molecule has 0 aliphatic carbocycles. The summed E-state index contributed by atoms with van der Waals surface area (Å²) in [5.41, 5.74) is 0.909. The first-order chi connectivity index (χ1) is 10.2. The first-order valence-corrected chi connectivity index (χ1v) is 7.65. The molecule has 1 aromatic rings. The summed E-state index contributed by atoms with van der Waals surface area (Å²) in [6, 6.07) is 6.65. The molecule has 1 fully saturated rings. The summed E-state index contributed by atoms with van der Waals surface area (Å²) in [4.78, 5) is 14.3. The Morgan fingerprint density at radius 3 is 2.81 bits per heavy atom. The van der Waals surface area contributed by atoms with E-state index in [-0.39, 0.29) is 11.7 Å². The summed E-state index contributed by atoms with van der Waals surface area (Å²) in [7, 11) is 0. The van der Waals surface area contributed by atoms with Crippen LogP contribution in [0.4, 0.5) is 4.39 Å². The van der Waals surface area contributed by atoms with Gasteiger partial charge >= 0.3 is 0 Å². The molecule has 2 rings (SSSR count). The average molecular weight is 293 g/mol. The van der Waals surface area contributed by atoms with Gasteiger partial charge in [-0.25, -0.2) is 4.39 Å². The van der Waals surface area contributed by atoms with E-state index in [1.807, 2.05) is 0 Å². The molecule has 4 nitrogen and oxygen atoms in total. The van der Waals surface area contributed by atoms with Gasteiger partial charge in [0.05, 0.1) is 6.54 Å². The lowest BCUT2D eigenvalue weighted by Crippen LogP contribution is -2.49. The molecule has 1 heterocycles. The Labute approximate surface area is 125 Å². The van der Waals surface area contributed by atoms with Gasteiger partial charge < -0.3 is 10.6 Å². The molecule has 2 N–H and O–H groups in total. The number of piperidine rings is 1. The number of amides is 1. The molecule has 1 saturated heterocycles. The summed E-state index contributed by atoms with van der Waals surface area (Å²) < 4.78 is 12.8. The maximum atomic E-state index is 12.8. The number of hydrogen-bond acceptors (Lipinski definition) is 3.